The second kappa shape index (κ2) is 7.31. The highest BCUT2D eigenvalue weighted by atomic mass is 16.5. The number of benzene rings is 2. The van der Waals surface area contributed by atoms with Gasteiger partial charge in [0.15, 0.2) is 11.5 Å². The van der Waals surface area contributed by atoms with Crippen LogP contribution in [0.15, 0.2) is 48.5 Å². The highest BCUT2D eigenvalue weighted by Gasteiger charge is 2.18. The Hall–Kier alpha value is -3.41. The van der Waals surface area contributed by atoms with Crippen LogP contribution >= 0.6 is 0 Å². The van der Waals surface area contributed by atoms with Gasteiger partial charge in [-0.1, -0.05) is 30.3 Å². The number of hydrogen-bond acceptors (Lipinski definition) is 5. The van der Waals surface area contributed by atoms with Gasteiger partial charge in [0.1, 0.15) is 22.6 Å². The first kappa shape index (κ1) is 18.0. The molecule has 0 unspecified atom stereocenters. The van der Waals surface area contributed by atoms with Gasteiger partial charge < -0.3 is 9.47 Å². The molecule has 4 aromatic rings. The van der Waals surface area contributed by atoms with Gasteiger partial charge >= 0.3 is 0 Å². The van der Waals surface area contributed by atoms with E-state index in [2.05, 4.69) is 17.2 Å². The Kier molecular flexibility index (Phi) is 4.69. The zero-order valence-electron chi connectivity index (χ0n) is 16.4. The predicted molar refractivity (Wildman–Crippen MR) is 109 cm³/mol. The Bertz CT molecular complexity index is 1140. The lowest BCUT2D eigenvalue weighted by Crippen LogP contribution is -2.02. The second-order valence-corrected chi connectivity index (χ2v) is 6.63. The molecule has 2 aromatic heterocycles. The van der Waals surface area contributed by atoms with E-state index < -0.39 is 0 Å². The molecule has 4 rings (SSSR count). The van der Waals surface area contributed by atoms with Gasteiger partial charge in [0.2, 0.25) is 0 Å². The number of aromatic nitrogens is 4. The summed E-state index contributed by atoms with van der Waals surface area (Å²) in [5.74, 6) is 2.11. The van der Waals surface area contributed by atoms with Crippen molar-refractivity contribution in [3.05, 3.63) is 65.6 Å². The van der Waals surface area contributed by atoms with Gasteiger partial charge in [0.25, 0.3) is 0 Å². The number of rotatable bonds is 5. The topological polar surface area (TPSA) is 62.1 Å². The van der Waals surface area contributed by atoms with E-state index in [0.717, 1.165) is 33.8 Å². The largest absolute Gasteiger partial charge is 0.493 e. The van der Waals surface area contributed by atoms with Crippen molar-refractivity contribution in [1.82, 2.24) is 19.7 Å². The monoisotopic (exact) mass is 374 g/mol. The maximum Gasteiger partial charge on any atom is 0.161 e. The Labute approximate surface area is 163 Å². The molecule has 6 nitrogen and oxygen atoms in total. The van der Waals surface area contributed by atoms with Crippen molar-refractivity contribution >= 4 is 11.0 Å². The van der Waals surface area contributed by atoms with Crippen molar-refractivity contribution < 1.29 is 9.47 Å². The first-order valence-corrected chi connectivity index (χ1v) is 9.07. The summed E-state index contributed by atoms with van der Waals surface area (Å²) in [6.07, 6.45) is 0.658. The van der Waals surface area contributed by atoms with Gasteiger partial charge in [-0.05, 0) is 30.7 Å². The van der Waals surface area contributed by atoms with E-state index in [1.165, 1.54) is 5.56 Å². The van der Waals surface area contributed by atoms with Crippen molar-refractivity contribution in [2.45, 2.75) is 13.3 Å². The fourth-order valence-electron chi connectivity index (χ4n) is 3.42. The van der Waals surface area contributed by atoms with Crippen molar-refractivity contribution in [3.63, 3.8) is 0 Å². The summed E-state index contributed by atoms with van der Waals surface area (Å²) in [5.41, 5.74) is 5.59. The highest BCUT2D eigenvalue weighted by molar-refractivity contribution is 5.91. The minimum absolute atomic E-state index is 0.658. The third-order valence-electron chi connectivity index (χ3n) is 4.76. The molecular formula is C22H22N4O2. The van der Waals surface area contributed by atoms with E-state index >= 15 is 0 Å². The predicted octanol–water partition coefficient (Wildman–Crippen LogP) is 3.95. The van der Waals surface area contributed by atoms with Crippen LogP contribution in [0.5, 0.6) is 11.5 Å². The number of nitrogens with zero attached hydrogens (tertiary/aromatic N) is 4. The Balaban J connectivity index is 1.91. The minimum atomic E-state index is 0.658. The molecule has 28 heavy (non-hydrogen) atoms. The van der Waals surface area contributed by atoms with Crippen molar-refractivity contribution in [2.75, 3.05) is 14.2 Å². The molecule has 2 aromatic carbocycles. The zero-order valence-corrected chi connectivity index (χ0v) is 16.4. The number of ether oxygens (including phenoxy) is 2. The molecule has 0 aliphatic carbocycles. The van der Waals surface area contributed by atoms with Gasteiger partial charge in [-0.15, -0.1) is 0 Å². The zero-order chi connectivity index (χ0) is 19.7. The Morgan fingerprint density at radius 3 is 2.39 bits per heavy atom. The summed E-state index contributed by atoms with van der Waals surface area (Å²) in [5, 5.41) is 4.56. The lowest BCUT2D eigenvalue weighted by atomic mass is 10.1. The van der Waals surface area contributed by atoms with Crippen LogP contribution in [-0.4, -0.2) is 34.0 Å². The summed E-state index contributed by atoms with van der Waals surface area (Å²) >= 11 is 0. The van der Waals surface area contributed by atoms with Crippen LogP contribution in [0.1, 0.15) is 17.1 Å². The SMILES string of the molecule is COc1ccc(-c2nc(Cc3ccccc3)nc3c(C)nn(C)c23)cc1OC. The first-order chi connectivity index (χ1) is 13.6. The van der Waals surface area contributed by atoms with Crippen LogP contribution in [0.4, 0.5) is 0 Å². The number of hydrogen-bond donors (Lipinski definition) is 0. The third-order valence-corrected chi connectivity index (χ3v) is 4.76. The van der Waals surface area contributed by atoms with E-state index in [-0.39, 0.29) is 0 Å². The lowest BCUT2D eigenvalue weighted by molar-refractivity contribution is 0.355. The summed E-state index contributed by atoms with van der Waals surface area (Å²) in [6, 6.07) is 16.0. The average Bonchev–Trinajstić information content (AvgIpc) is 3.01. The molecule has 0 saturated carbocycles. The van der Waals surface area contributed by atoms with Crippen molar-refractivity contribution in [1.29, 1.82) is 0 Å². The molecule has 0 saturated heterocycles. The van der Waals surface area contributed by atoms with Gasteiger partial charge in [0.05, 0.1) is 19.9 Å². The molecule has 142 valence electrons. The maximum absolute atomic E-state index is 5.48. The summed E-state index contributed by atoms with van der Waals surface area (Å²) < 4.78 is 12.7. The van der Waals surface area contributed by atoms with Gasteiger partial charge in [-0.25, -0.2) is 9.97 Å². The lowest BCUT2D eigenvalue weighted by Gasteiger charge is -2.11. The summed E-state index contributed by atoms with van der Waals surface area (Å²) in [4.78, 5) is 9.71. The van der Waals surface area contributed by atoms with E-state index in [1.807, 2.05) is 55.1 Å². The van der Waals surface area contributed by atoms with Crippen LogP contribution in [0.2, 0.25) is 0 Å². The van der Waals surface area contributed by atoms with E-state index in [1.54, 1.807) is 14.2 Å². The minimum Gasteiger partial charge on any atom is -0.493 e. The van der Waals surface area contributed by atoms with Crippen LogP contribution in [0.3, 0.4) is 0 Å². The summed E-state index contributed by atoms with van der Waals surface area (Å²) in [6.45, 7) is 1.97. The molecule has 0 aliphatic rings. The number of fused-ring (bicyclic) bond motifs is 1. The Morgan fingerprint density at radius 1 is 0.929 bits per heavy atom. The third kappa shape index (κ3) is 3.17. The van der Waals surface area contributed by atoms with Crippen LogP contribution in [0, 0.1) is 6.92 Å². The summed E-state index contributed by atoms with van der Waals surface area (Å²) in [7, 11) is 5.18. The maximum atomic E-state index is 5.48. The van der Waals surface area contributed by atoms with Crippen LogP contribution in [0.25, 0.3) is 22.3 Å². The standard InChI is InChI=1S/C22H22N4O2/c1-14-20-22(26(2)25-14)21(16-10-11-17(27-3)18(13-16)28-4)24-19(23-20)12-15-8-6-5-7-9-15/h5-11,13H,12H2,1-4H3. The average molecular weight is 374 g/mol. The van der Waals surface area contributed by atoms with E-state index in [9.17, 15) is 0 Å². The molecule has 0 aliphatic heterocycles. The fraction of sp³-hybridized carbons (Fsp3) is 0.227. The van der Waals surface area contributed by atoms with E-state index in [4.69, 9.17) is 19.4 Å². The molecule has 0 spiro atoms. The number of methoxy groups -OCH3 is 2. The van der Waals surface area contributed by atoms with Crippen LogP contribution in [-0.2, 0) is 13.5 Å². The van der Waals surface area contributed by atoms with Crippen LogP contribution < -0.4 is 9.47 Å². The quantitative estimate of drug-likeness (QED) is 0.529. The first-order valence-electron chi connectivity index (χ1n) is 9.07. The molecule has 6 heteroatoms. The molecule has 0 fully saturated rings. The highest BCUT2D eigenvalue weighted by Crippen LogP contribution is 2.34. The molecule has 0 radical (unpaired) electrons. The molecule has 0 bridgehead atoms. The fourth-order valence-corrected chi connectivity index (χ4v) is 3.42. The van der Waals surface area contributed by atoms with Gasteiger partial charge in [-0.2, -0.15) is 5.10 Å². The van der Waals surface area contributed by atoms with E-state index in [0.29, 0.717) is 17.9 Å². The molecule has 0 amide bonds. The van der Waals surface area contributed by atoms with Crippen molar-refractivity contribution in [3.8, 4) is 22.8 Å². The van der Waals surface area contributed by atoms with Gasteiger partial charge in [0, 0.05) is 19.0 Å². The second-order valence-electron chi connectivity index (χ2n) is 6.63. The molecular weight excluding hydrogens is 352 g/mol. The van der Waals surface area contributed by atoms with Gasteiger partial charge in [-0.3, -0.25) is 4.68 Å². The normalized spacial score (nSPS) is 11.0. The Morgan fingerprint density at radius 2 is 1.68 bits per heavy atom. The van der Waals surface area contributed by atoms with Crippen molar-refractivity contribution in [2.24, 2.45) is 7.05 Å². The molecule has 0 N–H and O–H groups in total. The smallest absolute Gasteiger partial charge is 0.161 e. The molecule has 0 atom stereocenters. The number of aryl methyl sites for hydroxylation is 2. The molecule has 2 heterocycles.